The van der Waals surface area contributed by atoms with Crippen molar-refractivity contribution >= 4 is 17.3 Å². The molecule has 2 rings (SSSR count). The lowest BCUT2D eigenvalue weighted by Crippen LogP contribution is -2.43. The van der Waals surface area contributed by atoms with Gasteiger partial charge in [-0.2, -0.15) is 0 Å². The fourth-order valence-electron chi connectivity index (χ4n) is 3.11. The lowest BCUT2D eigenvalue weighted by Gasteiger charge is -2.31. The first-order valence-electron chi connectivity index (χ1n) is 9.19. The number of nitrogens with zero attached hydrogens (tertiary/aromatic N) is 3. The molecule has 1 aliphatic rings. The molecule has 136 valence electrons. The van der Waals surface area contributed by atoms with Crippen LogP contribution in [0, 0.1) is 0 Å². The van der Waals surface area contributed by atoms with Crippen LogP contribution in [0.1, 0.15) is 62.6 Å². The van der Waals surface area contributed by atoms with Crippen LogP contribution in [0.15, 0.2) is 10.4 Å². The van der Waals surface area contributed by atoms with Crippen molar-refractivity contribution in [2.45, 2.75) is 64.5 Å². The predicted molar refractivity (Wildman–Crippen MR) is 104 cm³/mol. The van der Waals surface area contributed by atoms with Crippen molar-refractivity contribution in [2.75, 3.05) is 27.2 Å². The molecule has 0 bridgehead atoms. The highest BCUT2D eigenvalue weighted by atomic mass is 32.1. The first kappa shape index (κ1) is 19.2. The smallest absolute Gasteiger partial charge is 0.191 e. The zero-order valence-electron chi connectivity index (χ0n) is 15.6. The Bertz CT molecular complexity index is 505. The van der Waals surface area contributed by atoms with E-state index in [1.165, 1.54) is 37.8 Å². The molecule has 1 saturated carbocycles. The molecule has 1 fully saturated rings. The Balaban J connectivity index is 1.68. The molecule has 0 amide bonds. The Morgan fingerprint density at radius 2 is 2.08 bits per heavy atom. The summed E-state index contributed by atoms with van der Waals surface area (Å²) in [7, 11) is 4.07. The van der Waals surface area contributed by atoms with Crippen LogP contribution in [-0.2, 0) is 6.54 Å². The fourth-order valence-corrected chi connectivity index (χ4v) is 4.00. The molecule has 0 radical (unpaired) electrons. The van der Waals surface area contributed by atoms with Crippen LogP contribution in [0.2, 0.25) is 0 Å². The second-order valence-electron chi connectivity index (χ2n) is 6.95. The van der Waals surface area contributed by atoms with Crippen molar-refractivity contribution in [3.8, 4) is 0 Å². The van der Waals surface area contributed by atoms with E-state index in [0.29, 0.717) is 5.92 Å². The lowest BCUT2D eigenvalue weighted by atomic mass is 9.94. The third-order valence-corrected chi connectivity index (χ3v) is 5.61. The van der Waals surface area contributed by atoms with E-state index in [1.807, 2.05) is 7.05 Å². The second kappa shape index (κ2) is 9.99. The Labute approximate surface area is 151 Å². The minimum Gasteiger partial charge on any atom is -0.355 e. The van der Waals surface area contributed by atoms with Crippen molar-refractivity contribution < 1.29 is 0 Å². The average molecular weight is 352 g/mol. The summed E-state index contributed by atoms with van der Waals surface area (Å²) in [5.41, 5.74) is 1.17. The zero-order chi connectivity index (χ0) is 17.4. The molecule has 5 nitrogen and oxygen atoms in total. The molecule has 1 aromatic rings. The molecule has 0 atom stereocenters. The van der Waals surface area contributed by atoms with Crippen LogP contribution in [0.4, 0.5) is 0 Å². The molecule has 0 aliphatic heterocycles. The maximum absolute atomic E-state index is 4.65. The molecule has 2 N–H and O–H groups in total. The van der Waals surface area contributed by atoms with Gasteiger partial charge in [0.1, 0.15) is 5.01 Å². The molecule has 24 heavy (non-hydrogen) atoms. The zero-order valence-corrected chi connectivity index (χ0v) is 16.5. The van der Waals surface area contributed by atoms with E-state index in [4.69, 9.17) is 0 Å². The van der Waals surface area contributed by atoms with Crippen molar-refractivity contribution in [2.24, 2.45) is 4.99 Å². The van der Waals surface area contributed by atoms with Gasteiger partial charge in [0.15, 0.2) is 5.96 Å². The molecule has 0 saturated heterocycles. The van der Waals surface area contributed by atoms with E-state index in [0.717, 1.165) is 36.6 Å². The van der Waals surface area contributed by atoms with Crippen LogP contribution in [0.25, 0.3) is 0 Å². The SMILES string of the molecule is CN=C(NCCN(C)C1CCCCC1)NCc1nc(C(C)C)cs1. The fraction of sp³-hybridized carbons (Fsp3) is 0.778. The summed E-state index contributed by atoms with van der Waals surface area (Å²) in [6.45, 7) is 7.06. The van der Waals surface area contributed by atoms with Crippen molar-refractivity contribution in [1.82, 2.24) is 20.5 Å². The molecule has 1 heterocycles. The van der Waals surface area contributed by atoms with Gasteiger partial charge >= 0.3 is 0 Å². The minimum atomic E-state index is 0.489. The molecule has 1 aromatic heterocycles. The standard InChI is InChI=1S/C18H33N5S/c1-14(2)16-13-24-17(22-16)12-21-18(19-3)20-10-11-23(4)15-8-6-5-7-9-15/h13-15H,5-12H2,1-4H3,(H2,19,20,21). The van der Waals surface area contributed by atoms with Crippen LogP contribution in [-0.4, -0.2) is 49.1 Å². The summed E-state index contributed by atoms with van der Waals surface area (Å²) < 4.78 is 0. The van der Waals surface area contributed by atoms with Gasteiger partial charge in [0.2, 0.25) is 0 Å². The van der Waals surface area contributed by atoms with Crippen molar-refractivity contribution in [3.63, 3.8) is 0 Å². The van der Waals surface area contributed by atoms with Gasteiger partial charge in [-0.15, -0.1) is 11.3 Å². The topological polar surface area (TPSA) is 52.6 Å². The van der Waals surface area contributed by atoms with E-state index in [9.17, 15) is 0 Å². The van der Waals surface area contributed by atoms with Crippen molar-refractivity contribution in [3.05, 3.63) is 16.1 Å². The van der Waals surface area contributed by atoms with Crippen LogP contribution in [0.3, 0.4) is 0 Å². The number of likely N-dealkylation sites (N-methyl/N-ethyl adjacent to an activating group) is 1. The highest BCUT2D eigenvalue weighted by Gasteiger charge is 2.17. The maximum Gasteiger partial charge on any atom is 0.191 e. The lowest BCUT2D eigenvalue weighted by molar-refractivity contribution is 0.194. The number of thiazole rings is 1. The van der Waals surface area contributed by atoms with E-state index in [2.05, 4.69) is 51.8 Å². The van der Waals surface area contributed by atoms with Gasteiger partial charge in [0, 0.05) is 31.6 Å². The summed E-state index contributed by atoms with van der Waals surface area (Å²) in [5, 5.41) is 10.0. The average Bonchev–Trinajstić information content (AvgIpc) is 3.08. The third kappa shape index (κ3) is 6.06. The van der Waals surface area contributed by atoms with E-state index in [-0.39, 0.29) is 0 Å². The number of hydrogen-bond donors (Lipinski definition) is 2. The van der Waals surface area contributed by atoms with Gasteiger partial charge in [-0.25, -0.2) is 4.98 Å². The van der Waals surface area contributed by atoms with Gasteiger partial charge in [0.05, 0.1) is 12.2 Å². The van der Waals surface area contributed by atoms with E-state index >= 15 is 0 Å². The second-order valence-corrected chi connectivity index (χ2v) is 7.89. The summed E-state index contributed by atoms with van der Waals surface area (Å²) in [6.07, 6.45) is 6.89. The summed E-state index contributed by atoms with van der Waals surface area (Å²) in [4.78, 5) is 11.5. The molecule has 1 aliphatic carbocycles. The number of rotatable bonds is 7. The third-order valence-electron chi connectivity index (χ3n) is 4.75. The highest BCUT2D eigenvalue weighted by molar-refractivity contribution is 7.09. The number of aromatic nitrogens is 1. The maximum atomic E-state index is 4.65. The first-order chi connectivity index (χ1) is 11.6. The van der Waals surface area contributed by atoms with Crippen LogP contribution in [0.5, 0.6) is 0 Å². The predicted octanol–water partition coefficient (Wildman–Crippen LogP) is 3.20. The van der Waals surface area contributed by atoms with Gasteiger partial charge < -0.3 is 15.5 Å². The Morgan fingerprint density at radius 3 is 2.71 bits per heavy atom. The van der Waals surface area contributed by atoms with E-state index in [1.54, 1.807) is 11.3 Å². The number of nitrogens with one attached hydrogen (secondary N) is 2. The number of hydrogen-bond acceptors (Lipinski definition) is 4. The normalized spacial score (nSPS) is 16.8. The van der Waals surface area contributed by atoms with E-state index < -0.39 is 0 Å². The van der Waals surface area contributed by atoms with Gasteiger partial charge in [0.25, 0.3) is 0 Å². The van der Waals surface area contributed by atoms with Crippen LogP contribution >= 0.6 is 11.3 Å². The van der Waals surface area contributed by atoms with Crippen LogP contribution < -0.4 is 10.6 Å². The highest BCUT2D eigenvalue weighted by Crippen LogP contribution is 2.21. The molecule has 6 heteroatoms. The Hall–Kier alpha value is -1.14. The Morgan fingerprint density at radius 1 is 1.33 bits per heavy atom. The summed E-state index contributed by atoms with van der Waals surface area (Å²) >= 11 is 1.71. The van der Waals surface area contributed by atoms with Crippen molar-refractivity contribution in [1.29, 1.82) is 0 Å². The first-order valence-corrected chi connectivity index (χ1v) is 10.1. The van der Waals surface area contributed by atoms with Gasteiger partial charge in [-0.05, 0) is 25.8 Å². The Kier molecular flexibility index (Phi) is 7.99. The number of aliphatic imine (C=N–C) groups is 1. The molecular formula is C18H33N5S. The molecule has 0 spiro atoms. The summed E-state index contributed by atoms with van der Waals surface area (Å²) in [6, 6.07) is 0.764. The molecule has 0 unspecified atom stereocenters. The minimum absolute atomic E-state index is 0.489. The summed E-state index contributed by atoms with van der Waals surface area (Å²) in [5.74, 6) is 1.34. The molecule has 0 aromatic carbocycles. The monoisotopic (exact) mass is 351 g/mol. The van der Waals surface area contributed by atoms with Gasteiger partial charge in [-0.3, -0.25) is 4.99 Å². The molecular weight excluding hydrogens is 318 g/mol. The van der Waals surface area contributed by atoms with Gasteiger partial charge in [-0.1, -0.05) is 33.1 Å². The largest absolute Gasteiger partial charge is 0.355 e. The quantitative estimate of drug-likeness (QED) is 0.585. The number of guanidine groups is 1.